The van der Waals surface area contributed by atoms with Crippen molar-refractivity contribution in [2.45, 2.75) is 18.7 Å². The Hall–Kier alpha value is -1.60. The van der Waals surface area contributed by atoms with Crippen molar-refractivity contribution in [2.75, 3.05) is 6.54 Å². The maximum Gasteiger partial charge on any atom is 0.285 e. The quantitative estimate of drug-likeness (QED) is 0.356. The summed E-state index contributed by atoms with van der Waals surface area (Å²) in [6.07, 6.45) is 0. The van der Waals surface area contributed by atoms with Crippen LogP contribution in [0.2, 0.25) is 10.0 Å². The molecule has 28 heavy (non-hydrogen) atoms. The lowest BCUT2D eigenvalue weighted by molar-refractivity contribution is 0.396. The number of nitrogens with zero attached hydrogens (tertiary/aromatic N) is 3. The van der Waals surface area contributed by atoms with E-state index in [1.54, 1.807) is 12.1 Å². The molecule has 0 fully saturated rings. The highest BCUT2D eigenvalue weighted by Gasteiger charge is 2.32. The number of hydrogen-bond acceptors (Lipinski definition) is 3. The van der Waals surface area contributed by atoms with Gasteiger partial charge < -0.3 is 0 Å². The van der Waals surface area contributed by atoms with Gasteiger partial charge in [0.25, 0.3) is 10.0 Å². The number of hydrogen-bond donors (Lipinski definition) is 0. The summed E-state index contributed by atoms with van der Waals surface area (Å²) in [4.78, 5) is 0.0107. The average molecular weight is 459 g/mol. The van der Waals surface area contributed by atoms with Gasteiger partial charge in [-0.2, -0.15) is 13.5 Å². The van der Waals surface area contributed by atoms with Gasteiger partial charge in [-0.3, -0.25) is 0 Å². The zero-order valence-corrected chi connectivity index (χ0v) is 18.3. The van der Waals surface area contributed by atoms with Gasteiger partial charge in [-0.1, -0.05) is 49.2 Å². The van der Waals surface area contributed by atoms with Gasteiger partial charge in [0.2, 0.25) is 5.29 Å². The molecule has 9 heteroatoms. The molecule has 1 aliphatic rings. The van der Waals surface area contributed by atoms with Crippen molar-refractivity contribution in [3.8, 4) is 0 Å². The van der Waals surface area contributed by atoms with Crippen molar-refractivity contribution in [1.29, 1.82) is 0 Å². The second kappa shape index (κ2) is 8.41. The highest BCUT2D eigenvalue weighted by atomic mass is 35.5. The third kappa shape index (κ3) is 4.69. The van der Waals surface area contributed by atoms with E-state index in [1.807, 2.05) is 12.1 Å². The van der Waals surface area contributed by atoms with Gasteiger partial charge in [0.1, 0.15) is 0 Å². The van der Waals surface area contributed by atoms with Crippen molar-refractivity contribution in [3.63, 3.8) is 0 Å². The van der Waals surface area contributed by atoms with Gasteiger partial charge >= 0.3 is 0 Å². The zero-order valence-electron chi connectivity index (χ0n) is 15.2. The van der Waals surface area contributed by atoms with Crippen LogP contribution in [-0.2, 0) is 10.0 Å². The van der Waals surface area contributed by atoms with Crippen LogP contribution >= 0.6 is 34.8 Å². The van der Waals surface area contributed by atoms with Gasteiger partial charge in [0, 0.05) is 16.0 Å². The molecule has 1 heterocycles. The third-order valence-electron chi connectivity index (χ3n) is 4.41. The molecule has 2 aromatic carbocycles. The van der Waals surface area contributed by atoms with E-state index in [9.17, 15) is 8.42 Å². The Labute approximate surface area is 179 Å². The van der Waals surface area contributed by atoms with Gasteiger partial charge in [-0.05, 0) is 59.5 Å². The maximum absolute atomic E-state index is 12.5. The van der Waals surface area contributed by atoms with Crippen LogP contribution in [0, 0.1) is 11.8 Å². The molecule has 2 aromatic rings. The zero-order chi connectivity index (χ0) is 20.5. The Morgan fingerprint density at radius 2 is 1.61 bits per heavy atom. The first-order valence-corrected chi connectivity index (χ1v) is 11.1. The van der Waals surface area contributed by atoms with Crippen molar-refractivity contribution < 1.29 is 8.42 Å². The molecule has 5 nitrogen and oxygen atoms in total. The van der Waals surface area contributed by atoms with E-state index in [1.165, 1.54) is 29.3 Å². The number of rotatable bonds is 4. The first-order valence-electron chi connectivity index (χ1n) is 8.55. The van der Waals surface area contributed by atoms with Crippen LogP contribution in [0.25, 0.3) is 0 Å². The largest absolute Gasteiger partial charge is 0.285 e. The molecule has 0 bridgehead atoms. The number of halogens is 3. The fraction of sp³-hybridized carbons (Fsp3) is 0.263. The van der Waals surface area contributed by atoms with Gasteiger partial charge in [0.15, 0.2) is 0 Å². The van der Waals surface area contributed by atoms with Gasteiger partial charge in [0.05, 0.1) is 17.2 Å². The van der Waals surface area contributed by atoms with Crippen LogP contribution in [0.5, 0.6) is 0 Å². The van der Waals surface area contributed by atoms with E-state index in [4.69, 9.17) is 34.8 Å². The minimum absolute atomic E-state index is 0.0107. The molecule has 0 aromatic heterocycles. The molecule has 3 rings (SSSR count). The first-order chi connectivity index (χ1) is 13.2. The molecule has 1 unspecified atom stereocenters. The van der Waals surface area contributed by atoms with Crippen LogP contribution in [0.15, 0.2) is 62.9 Å². The molecule has 0 saturated heterocycles. The summed E-state index contributed by atoms with van der Waals surface area (Å²) < 4.78 is 28.8. The fourth-order valence-electron chi connectivity index (χ4n) is 2.86. The molecule has 148 valence electrons. The molecule has 1 atom stereocenters. The molecular weight excluding hydrogens is 441 g/mol. The summed E-state index contributed by atoms with van der Waals surface area (Å²) in [6.45, 7) is 4.60. The monoisotopic (exact) mass is 457 g/mol. The molecular formula is C19H18Cl3N3O2S. The number of sulfonamides is 1. The fourth-order valence-corrected chi connectivity index (χ4v) is 4.37. The Bertz CT molecular complexity index is 1020. The van der Waals surface area contributed by atoms with Crippen LogP contribution in [0.3, 0.4) is 0 Å². The standard InChI is InChI=1S/C19H18Cl3N3O2S/c1-12(2)17-11-25(23-18(17)13-3-5-14(20)6-4-13)19(22)24-28(26,27)16-9-7-15(21)8-10-16/h3-10,12,17H,11H2,1-2H3/b24-19-. The highest BCUT2D eigenvalue weighted by Crippen LogP contribution is 2.28. The summed E-state index contributed by atoms with van der Waals surface area (Å²) in [5.74, 6) is 0.347. The predicted molar refractivity (Wildman–Crippen MR) is 115 cm³/mol. The molecule has 0 aliphatic carbocycles. The van der Waals surface area contributed by atoms with Crippen LogP contribution < -0.4 is 0 Å². The topological polar surface area (TPSA) is 62.1 Å². The SMILES string of the molecule is CC(C)C1CN(/C(Cl)=N\S(=O)(=O)c2ccc(Cl)cc2)N=C1c1ccc(Cl)cc1. The normalized spacial score (nSPS) is 17.9. The third-order valence-corrected chi connectivity index (χ3v) is 6.58. The predicted octanol–water partition coefficient (Wildman–Crippen LogP) is 5.27. The average Bonchev–Trinajstić information content (AvgIpc) is 3.08. The van der Waals surface area contributed by atoms with E-state index in [0.717, 1.165) is 11.3 Å². The first kappa shape index (κ1) is 21.1. The second-order valence-corrected chi connectivity index (χ2v) is 9.53. The molecule has 0 N–H and O–H groups in total. The minimum atomic E-state index is -3.97. The molecule has 1 aliphatic heterocycles. The second-order valence-electron chi connectivity index (χ2n) is 6.71. The van der Waals surface area contributed by atoms with Crippen molar-refractivity contribution in [3.05, 3.63) is 64.1 Å². The van der Waals surface area contributed by atoms with Crippen LogP contribution in [0.1, 0.15) is 19.4 Å². The summed E-state index contributed by atoms with van der Waals surface area (Å²) >= 11 is 18.0. The van der Waals surface area contributed by atoms with Crippen molar-refractivity contribution >= 4 is 55.8 Å². The molecule has 0 radical (unpaired) electrons. The van der Waals surface area contributed by atoms with Crippen LogP contribution in [0.4, 0.5) is 0 Å². The summed E-state index contributed by atoms with van der Waals surface area (Å²) in [5.41, 5.74) is 1.74. The molecule has 0 saturated carbocycles. The van der Waals surface area contributed by atoms with Gasteiger partial charge in [-0.15, -0.1) is 4.40 Å². The van der Waals surface area contributed by atoms with E-state index >= 15 is 0 Å². The van der Waals surface area contributed by atoms with Gasteiger partial charge in [-0.25, -0.2) is 5.01 Å². The molecule has 0 amide bonds. The number of amidine groups is 1. The lowest BCUT2D eigenvalue weighted by atomic mass is 9.88. The van der Waals surface area contributed by atoms with Crippen molar-refractivity contribution in [2.24, 2.45) is 21.3 Å². The lowest BCUT2D eigenvalue weighted by Gasteiger charge is -2.17. The Morgan fingerprint density at radius 3 is 2.14 bits per heavy atom. The van der Waals surface area contributed by atoms with E-state index in [-0.39, 0.29) is 22.0 Å². The Kier molecular flexibility index (Phi) is 6.34. The smallest absolute Gasteiger partial charge is 0.236 e. The Balaban J connectivity index is 1.92. The lowest BCUT2D eigenvalue weighted by Crippen LogP contribution is -2.26. The Morgan fingerprint density at radius 1 is 1.07 bits per heavy atom. The van der Waals surface area contributed by atoms with E-state index in [2.05, 4.69) is 23.3 Å². The maximum atomic E-state index is 12.5. The number of hydrazone groups is 1. The van der Waals surface area contributed by atoms with Crippen molar-refractivity contribution in [1.82, 2.24) is 5.01 Å². The van der Waals surface area contributed by atoms with Crippen LogP contribution in [-0.4, -0.2) is 31.0 Å². The minimum Gasteiger partial charge on any atom is -0.236 e. The molecule has 0 spiro atoms. The van der Waals surface area contributed by atoms with E-state index in [0.29, 0.717) is 16.6 Å². The highest BCUT2D eigenvalue weighted by molar-refractivity contribution is 7.90. The summed E-state index contributed by atoms with van der Waals surface area (Å²) in [5, 5.41) is 6.83. The number of benzene rings is 2. The van der Waals surface area contributed by atoms with E-state index < -0.39 is 10.0 Å². The summed E-state index contributed by atoms with van der Waals surface area (Å²) in [6, 6.07) is 13.1. The summed E-state index contributed by atoms with van der Waals surface area (Å²) in [7, 11) is -3.97.